The number of hydrogen-bond donors (Lipinski definition) is 2. The Kier molecular flexibility index (Phi) is 6.47. The molecule has 2 atom stereocenters. The standard InChI is InChI=1S/C28H28FN7O2/c1-2-20-27-21(33-28(37)23-16-31-25-10-3-4-14-35(23)25)8-6-9-22(27)36(34-20)17-18-7-5-11-26(32-18)38-24-12-13-30-15-19(24)29/h3-11,14,16,19,24,30H,2,12-13,15,17H2,1H3,(H,33,37)/t19-,24+/m0/s1. The molecule has 1 fully saturated rings. The van der Waals surface area contributed by atoms with Crippen LogP contribution in [0.4, 0.5) is 10.1 Å². The monoisotopic (exact) mass is 513 g/mol. The summed E-state index contributed by atoms with van der Waals surface area (Å²) in [4.78, 5) is 22.1. The highest BCUT2D eigenvalue weighted by Gasteiger charge is 2.26. The molecule has 0 spiro atoms. The molecule has 0 aliphatic carbocycles. The van der Waals surface area contributed by atoms with Gasteiger partial charge < -0.3 is 15.4 Å². The molecule has 6 rings (SSSR count). The fourth-order valence-corrected chi connectivity index (χ4v) is 4.92. The van der Waals surface area contributed by atoms with Crippen LogP contribution >= 0.6 is 0 Å². The number of alkyl halides is 1. The first-order valence-corrected chi connectivity index (χ1v) is 12.8. The van der Waals surface area contributed by atoms with Gasteiger partial charge in [-0.2, -0.15) is 5.10 Å². The lowest BCUT2D eigenvalue weighted by Crippen LogP contribution is -2.44. The molecular weight excluding hydrogens is 485 g/mol. The number of rotatable bonds is 7. The van der Waals surface area contributed by atoms with Crippen LogP contribution in [0.25, 0.3) is 16.6 Å². The summed E-state index contributed by atoms with van der Waals surface area (Å²) in [6.07, 6.45) is 3.11. The zero-order chi connectivity index (χ0) is 26.1. The molecule has 5 aromatic rings. The summed E-state index contributed by atoms with van der Waals surface area (Å²) in [5.74, 6) is 0.159. The average molecular weight is 514 g/mol. The van der Waals surface area contributed by atoms with Gasteiger partial charge in [0, 0.05) is 24.2 Å². The van der Waals surface area contributed by atoms with Crippen molar-refractivity contribution in [1.82, 2.24) is 29.5 Å². The lowest BCUT2D eigenvalue weighted by molar-refractivity contribution is 0.0692. The van der Waals surface area contributed by atoms with E-state index in [0.717, 1.165) is 28.8 Å². The number of carbonyl (C=O) groups excluding carboxylic acids is 1. The number of carbonyl (C=O) groups is 1. The predicted octanol–water partition coefficient (Wildman–Crippen LogP) is 4.02. The normalized spacial score (nSPS) is 17.6. The van der Waals surface area contributed by atoms with Crippen LogP contribution in [0.1, 0.15) is 35.2 Å². The van der Waals surface area contributed by atoms with E-state index in [9.17, 15) is 9.18 Å². The van der Waals surface area contributed by atoms with Crippen molar-refractivity contribution >= 4 is 28.1 Å². The molecule has 9 nitrogen and oxygen atoms in total. The second kappa shape index (κ2) is 10.2. The van der Waals surface area contributed by atoms with Crippen LogP contribution in [0.5, 0.6) is 5.88 Å². The van der Waals surface area contributed by atoms with E-state index >= 15 is 0 Å². The maximum Gasteiger partial charge on any atom is 0.274 e. The van der Waals surface area contributed by atoms with Gasteiger partial charge in [0.1, 0.15) is 23.6 Å². The highest BCUT2D eigenvalue weighted by atomic mass is 19.1. The number of nitrogens with one attached hydrogen (secondary N) is 2. The van der Waals surface area contributed by atoms with E-state index in [1.807, 2.05) is 66.3 Å². The third kappa shape index (κ3) is 4.58. The number of ether oxygens (including phenoxy) is 1. The van der Waals surface area contributed by atoms with Gasteiger partial charge in [0.15, 0.2) is 0 Å². The summed E-state index contributed by atoms with van der Waals surface area (Å²) in [5, 5.41) is 11.8. The summed E-state index contributed by atoms with van der Waals surface area (Å²) < 4.78 is 23.7. The number of hydrogen-bond acceptors (Lipinski definition) is 6. The van der Waals surface area contributed by atoms with E-state index in [0.29, 0.717) is 48.8 Å². The van der Waals surface area contributed by atoms with Crippen LogP contribution < -0.4 is 15.4 Å². The molecule has 4 aromatic heterocycles. The minimum Gasteiger partial charge on any atom is -0.471 e. The number of imidazole rings is 1. The summed E-state index contributed by atoms with van der Waals surface area (Å²) >= 11 is 0. The predicted molar refractivity (Wildman–Crippen MR) is 142 cm³/mol. The van der Waals surface area contributed by atoms with E-state index in [-0.39, 0.29) is 5.91 Å². The number of aromatic nitrogens is 5. The maximum atomic E-state index is 14.2. The largest absolute Gasteiger partial charge is 0.471 e. The Hall–Kier alpha value is -4.31. The molecular formula is C28H28FN7O2. The smallest absolute Gasteiger partial charge is 0.274 e. The van der Waals surface area contributed by atoms with Gasteiger partial charge >= 0.3 is 0 Å². The Balaban J connectivity index is 1.27. The maximum absolute atomic E-state index is 14.2. The van der Waals surface area contributed by atoms with Crippen LogP contribution in [0, 0.1) is 0 Å². The molecule has 1 aliphatic heterocycles. The molecule has 1 aromatic carbocycles. The van der Waals surface area contributed by atoms with Crippen molar-refractivity contribution in [2.75, 3.05) is 18.4 Å². The number of aryl methyl sites for hydroxylation is 1. The van der Waals surface area contributed by atoms with E-state index in [4.69, 9.17) is 9.84 Å². The van der Waals surface area contributed by atoms with Gasteiger partial charge in [-0.3, -0.25) is 13.9 Å². The van der Waals surface area contributed by atoms with Gasteiger partial charge in [-0.05, 0) is 49.7 Å². The Morgan fingerprint density at radius 1 is 1.18 bits per heavy atom. The molecule has 0 radical (unpaired) electrons. The minimum atomic E-state index is -1.06. The van der Waals surface area contributed by atoms with Gasteiger partial charge in [-0.15, -0.1) is 0 Å². The highest BCUT2D eigenvalue weighted by Crippen LogP contribution is 2.29. The minimum absolute atomic E-state index is 0.249. The zero-order valence-electron chi connectivity index (χ0n) is 21.0. The molecule has 0 saturated carbocycles. The van der Waals surface area contributed by atoms with Crippen LogP contribution in [0.15, 0.2) is 67.0 Å². The molecule has 194 valence electrons. The second-order valence-electron chi connectivity index (χ2n) is 9.32. The number of anilines is 1. The fourth-order valence-electron chi connectivity index (χ4n) is 4.92. The molecule has 38 heavy (non-hydrogen) atoms. The summed E-state index contributed by atoms with van der Waals surface area (Å²) in [5.41, 5.74) is 4.35. The molecule has 0 bridgehead atoms. The van der Waals surface area contributed by atoms with Crippen molar-refractivity contribution < 1.29 is 13.9 Å². The summed E-state index contributed by atoms with van der Waals surface area (Å²) in [6.45, 7) is 3.46. The Bertz CT molecular complexity index is 1610. The number of piperidine rings is 1. The lowest BCUT2D eigenvalue weighted by atomic mass is 10.1. The molecule has 1 saturated heterocycles. The van der Waals surface area contributed by atoms with Crippen molar-refractivity contribution in [3.63, 3.8) is 0 Å². The Morgan fingerprint density at radius 2 is 2.08 bits per heavy atom. The average Bonchev–Trinajstić information content (AvgIpc) is 3.53. The lowest BCUT2D eigenvalue weighted by Gasteiger charge is -2.26. The van der Waals surface area contributed by atoms with Crippen LogP contribution in [-0.2, 0) is 13.0 Å². The van der Waals surface area contributed by atoms with Gasteiger partial charge in [-0.25, -0.2) is 14.4 Å². The number of nitrogens with zero attached hydrogens (tertiary/aromatic N) is 5. The molecule has 10 heteroatoms. The van der Waals surface area contributed by atoms with Crippen molar-refractivity contribution in [3.05, 3.63) is 84.1 Å². The van der Waals surface area contributed by atoms with Crippen LogP contribution in [-0.4, -0.2) is 55.4 Å². The van der Waals surface area contributed by atoms with Crippen molar-refractivity contribution in [1.29, 1.82) is 0 Å². The van der Waals surface area contributed by atoms with Gasteiger partial charge in [0.25, 0.3) is 5.91 Å². The first kappa shape index (κ1) is 24.1. The molecule has 5 heterocycles. The van der Waals surface area contributed by atoms with Crippen molar-refractivity contribution in [2.24, 2.45) is 0 Å². The first-order chi connectivity index (χ1) is 18.6. The quantitative estimate of drug-likeness (QED) is 0.341. The van der Waals surface area contributed by atoms with E-state index in [2.05, 4.69) is 20.6 Å². The molecule has 1 aliphatic rings. The Labute approximate surface area is 218 Å². The number of pyridine rings is 2. The second-order valence-corrected chi connectivity index (χ2v) is 9.32. The summed E-state index contributed by atoms with van der Waals surface area (Å²) in [7, 11) is 0. The summed E-state index contributed by atoms with van der Waals surface area (Å²) in [6, 6.07) is 16.9. The number of fused-ring (bicyclic) bond motifs is 2. The zero-order valence-corrected chi connectivity index (χ0v) is 21.0. The molecule has 1 amide bonds. The highest BCUT2D eigenvalue weighted by molar-refractivity contribution is 6.08. The van der Waals surface area contributed by atoms with Crippen molar-refractivity contribution in [2.45, 2.75) is 38.6 Å². The van der Waals surface area contributed by atoms with E-state index in [1.165, 1.54) is 0 Å². The Morgan fingerprint density at radius 3 is 2.95 bits per heavy atom. The van der Waals surface area contributed by atoms with E-state index < -0.39 is 12.3 Å². The number of halogens is 1. The van der Waals surface area contributed by atoms with Gasteiger partial charge in [0.2, 0.25) is 5.88 Å². The van der Waals surface area contributed by atoms with Gasteiger partial charge in [0.05, 0.1) is 35.3 Å². The third-order valence-corrected chi connectivity index (χ3v) is 6.80. The first-order valence-electron chi connectivity index (χ1n) is 12.8. The fraction of sp³-hybridized carbons (Fsp3) is 0.286. The SMILES string of the molecule is CCc1nn(Cc2cccc(O[C@@H]3CCNC[C@@H]3F)n2)c2cccc(NC(=O)c3cnc4ccccn34)c12. The van der Waals surface area contributed by atoms with Crippen molar-refractivity contribution in [3.8, 4) is 5.88 Å². The van der Waals surface area contributed by atoms with E-state index in [1.54, 1.807) is 16.7 Å². The topological polar surface area (TPSA) is 98.4 Å². The number of amides is 1. The van der Waals surface area contributed by atoms with Crippen LogP contribution in [0.2, 0.25) is 0 Å². The van der Waals surface area contributed by atoms with Crippen LogP contribution in [0.3, 0.4) is 0 Å². The molecule has 2 N–H and O–H groups in total. The molecule has 0 unspecified atom stereocenters. The third-order valence-electron chi connectivity index (χ3n) is 6.80. The number of benzene rings is 1. The van der Waals surface area contributed by atoms with Gasteiger partial charge in [-0.1, -0.05) is 25.1 Å².